The average Bonchev–Trinajstić information content (AvgIpc) is 2.75. The molecule has 0 radical (unpaired) electrons. The van der Waals surface area contributed by atoms with Gasteiger partial charge < -0.3 is 24.3 Å². The van der Waals surface area contributed by atoms with Crippen LogP contribution in [-0.4, -0.2) is 32.3 Å². The van der Waals surface area contributed by atoms with Crippen LogP contribution in [0.5, 0.6) is 23.0 Å². The Morgan fingerprint density at radius 1 is 0.862 bits per heavy atom. The molecule has 29 heavy (non-hydrogen) atoms. The molecule has 1 N–H and O–H groups in total. The van der Waals surface area contributed by atoms with Crippen molar-refractivity contribution in [3.8, 4) is 23.0 Å². The topological polar surface area (TPSA) is 66.0 Å². The van der Waals surface area contributed by atoms with Crippen molar-refractivity contribution in [3.63, 3.8) is 0 Å². The number of hydrogen-bond acceptors (Lipinski definition) is 5. The largest absolute Gasteiger partial charge is 0.486 e. The zero-order valence-electron chi connectivity index (χ0n) is 16.6. The monoisotopic (exact) mass is 395 g/mol. The Bertz CT molecular complexity index is 921. The molecule has 152 valence electrons. The van der Waals surface area contributed by atoms with Gasteiger partial charge >= 0.3 is 0 Å². The van der Waals surface area contributed by atoms with E-state index in [9.17, 15) is 4.79 Å². The third-order valence-corrected chi connectivity index (χ3v) is 4.88. The van der Waals surface area contributed by atoms with Crippen molar-refractivity contribution in [2.75, 3.05) is 26.4 Å². The third-order valence-electron chi connectivity index (χ3n) is 4.88. The van der Waals surface area contributed by atoms with Crippen LogP contribution in [0.3, 0.4) is 0 Å². The molecule has 6 heteroatoms. The number of benzene rings is 2. The summed E-state index contributed by atoms with van der Waals surface area (Å²) in [5.74, 6) is 2.96. The van der Waals surface area contributed by atoms with Crippen LogP contribution >= 0.6 is 0 Å². The molecule has 6 nitrogen and oxygen atoms in total. The van der Waals surface area contributed by atoms with Crippen molar-refractivity contribution in [3.05, 3.63) is 53.6 Å². The fraction of sp³-hybridized carbons (Fsp3) is 0.348. The summed E-state index contributed by atoms with van der Waals surface area (Å²) in [5, 5.41) is 3.09. The first-order valence-electron chi connectivity index (χ1n) is 9.88. The van der Waals surface area contributed by atoms with Gasteiger partial charge in [-0.25, -0.2) is 0 Å². The van der Waals surface area contributed by atoms with E-state index in [-0.39, 0.29) is 17.9 Å². The molecule has 2 aliphatic heterocycles. The van der Waals surface area contributed by atoms with Gasteiger partial charge in [0, 0.05) is 6.08 Å². The van der Waals surface area contributed by atoms with Gasteiger partial charge in [-0.05, 0) is 47.4 Å². The van der Waals surface area contributed by atoms with Gasteiger partial charge in [0.1, 0.15) is 26.4 Å². The minimum Gasteiger partial charge on any atom is -0.486 e. The fourth-order valence-electron chi connectivity index (χ4n) is 3.43. The Balaban J connectivity index is 1.46. The van der Waals surface area contributed by atoms with E-state index in [1.807, 2.05) is 36.4 Å². The number of nitrogens with one attached hydrogen (secondary N) is 1. The highest BCUT2D eigenvalue weighted by atomic mass is 16.6. The van der Waals surface area contributed by atoms with E-state index in [1.54, 1.807) is 12.2 Å². The standard InChI is InChI=1S/C23H25NO5/c1-15(2)23(17-5-7-19-21(14-17)29-12-10-27-19)24-22(25)8-4-16-3-6-18-20(13-16)28-11-9-26-18/h3-8,13-15,23H,9-12H2,1-2H3,(H,24,25)/b8-4+/t23-/m1/s1. The van der Waals surface area contributed by atoms with Crippen LogP contribution in [0.1, 0.15) is 31.0 Å². The number of rotatable bonds is 5. The highest BCUT2D eigenvalue weighted by Crippen LogP contribution is 2.34. The van der Waals surface area contributed by atoms with Crippen LogP contribution in [0.15, 0.2) is 42.5 Å². The fourth-order valence-corrected chi connectivity index (χ4v) is 3.43. The summed E-state index contributed by atoms with van der Waals surface area (Å²) in [5.41, 5.74) is 1.87. The summed E-state index contributed by atoms with van der Waals surface area (Å²) in [6, 6.07) is 11.3. The van der Waals surface area contributed by atoms with Crippen LogP contribution in [0, 0.1) is 5.92 Å². The maximum Gasteiger partial charge on any atom is 0.244 e. The second-order valence-electron chi connectivity index (χ2n) is 7.37. The summed E-state index contributed by atoms with van der Waals surface area (Å²) >= 11 is 0. The van der Waals surface area contributed by atoms with Crippen molar-refractivity contribution in [2.24, 2.45) is 5.92 Å². The van der Waals surface area contributed by atoms with E-state index >= 15 is 0 Å². The number of ether oxygens (including phenoxy) is 4. The van der Waals surface area contributed by atoms with Crippen molar-refractivity contribution in [1.82, 2.24) is 5.32 Å². The van der Waals surface area contributed by atoms with Crippen LogP contribution in [-0.2, 0) is 4.79 Å². The maximum atomic E-state index is 12.6. The molecule has 1 amide bonds. The lowest BCUT2D eigenvalue weighted by atomic mass is 9.95. The molecule has 0 spiro atoms. The van der Waals surface area contributed by atoms with E-state index < -0.39 is 0 Å². The third kappa shape index (κ3) is 4.47. The van der Waals surface area contributed by atoms with Crippen molar-refractivity contribution in [1.29, 1.82) is 0 Å². The lowest BCUT2D eigenvalue weighted by Crippen LogP contribution is -2.30. The summed E-state index contributed by atoms with van der Waals surface area (Å²) < 4.78 is 22.4. The zero-order valence-corrected chi connectivity index (χ0v) is 16.6. The smallest absolute Gasteiger partial charge is 0.244 e. The number of hydrogen-bond donors (Lipinski definition) is 1. The van der Waals surface area contributed by atoms with Gasteiger partial charge in [0.15, 0.2) is 23.0 Å². The summed E-state index contributed by atoms with van der Waals surface area (Å²) in [6.45, 7) is 6.33. The second kappa shape index (κ2) is 8.47. The van der Waals surface area contributed by atoms with Crippen LogP contribution in [0.2, 0.25) is 0 Å². The lowest BCUT2D eigenvalue weighted by Gasteiger charge is -2.25. The maximum absolute atomic E-state index is 12.6. The lowest BCUT2D eigenvalue weighted by molar-refractivity contribution is -0.117. The number of carbonyl (C=O) groups excluding carboxylic acids is 1. The average molecular weight is 395 g/mol. The molecule has 2 heterocycles. The first-order chi connectivity index (χ1) is 14.1. The molecule has 0 saturated carbocycles. The zero-order chi connectivity index (χ0) is 20.2. The van der Waals surface area contributed by atoms with E-state index in [2.05, 4.69) is 19.2 Å². The van der Waals surface area contributed by atoms with Gasteiger partial charge in [0.25, 0.3) is 0 Å². The highest BCUT2D eigenvalue weighted by molar-refractivity contribution is 5.92. The number of carbonyl (C=O) groups is 1. The molecule has 0 unspecified atom stereocenters. The van der Waals surface area contributed by atoms with Crippen LogP contribution in [0.4, 0.5) is 0 Å². The minimum atomic E-state index is -0.159. The molecule has 0 bridgehead atoms. The first kappa shape index (κ1) is 19.2. The molecule has 1 atom stereocenters. The summed E-state index contributed by atoms with van der Waals surface area (Å²) in [4.78, 5) is 12.6. The Morgan fingerprint density at radius 2 is 1.45 bits per heavy atom. The van der Waals surface area contributed by atoms with Gasteiger partial charge in [-0.1, -0.05) is 26.0 Å². The van der Waals surface area contributed by atoms with Gasteiger partial charge in [0.2, 0.25) is 5.91 Å². The predicted octanol–water partition coefficient (Wildman–Crippen LogP) is 3.76. The molecule has 4 rings (SSSR count). The normalized spacial score (nSPS) is 16.0. The second-order valence-corrected chi connectivity index (χ2v) is 7.37. The molecular weight excluding hydrogens is 370 g/mol. The van der Waals surface area contributed by atoms with E-state index in [4.69, 9.17) is 18.9 Å². The van der Waals surface area contributed by atoms with Crippen molar-refractivity contribution >= 4 is 12.0 Å². The first-order valence-corrected chi connectivity index (χ1v) is 9.88. The Labute approximate surface area is 170 Å². The predicted molar refractivity (Wildman–Crippen MR) is 110 cm³/mol. The van der Waals surface area contributed by atoms with E-state index in [1.165, 1.54) is 0 Å². The Kier molecular flexibility index (Phi) is 5.60. The van der Waals surface area contributed by atoms with E-state index in [0.29, 0.717) is 32.2 Å². The van der Waals surface area contributed by atoms with Crippen LogP contribution < -0.4 is 24.3 Å². The Morgan fingerprint density at radius 3 is 2.10 bits per heavy atom. The molecule has 0 aromatic heterocycles. The van der Waals surface area contributed by atoms with Crippen LogP contribution in [0.25, 0.3) is 6.08 Å². The molecule has 2 aromatic carbocycles. The molecule has 2 aromatic rings. The number of amides is 1. The van der Waals surface area contributed by atoms with Gasteiger partial charge in [-0.15, -0.1) is 0 Å². The van der Waals surface area contributed by atoms with Gasteiger partial charge in [-0.3, -0.25) is 4.79 Å². The quantitative estimate of drug-likeness (QED) is 0.781. The number of fused-ring (bicyclic) bond motifs is 2. The molecular formula is C23H25NO5. The summed E-state index contributed by atoms with van der Waals surface area (Å²) in [6.07, 6.45) is 3.31. The molecule has 0 saturated heterocycles. The highest BCUT2D eigenvalue weighted by Gasteiger charge is 2.21. The minimum absolute atomic E-state index is 0.136. The van der Waals surface area contributed by atoms with Crippen molar-refractivity contribution < 1.29 is 23.7 Å². The van der Waals surface area contributed by atoms with Crippen molar-refractivity contribution in [2.45, 2.75) is 19.9 Å². The Hall–Kier alpha value is -3.15. The molecule has 0 aliphatic carbocycles. The summed E-state index contributed by atoms with van der Waals surface area (Å²) in [7, 11) is 0. The SMILES string of the molecule is CC(C)[C@@H](NC(=O)/C=C/c1ccc2c(c1)OCCO2)c1ccc2c(c1)OCCO2. The van der Waals surface area contributed by atoms with E-state index in [0.717, 1.165) is 28.4 Å². The molecule has 2 aliphatic rings. The van der Waals surface area contributed by atoms with Gasteiger partial charge in [0.05, 0.1) is 6.04 Å². The molecule has 0 fully saturated rings. The van der Waals surface area contributed by atoms with Gasteiger partial charge in [-0.2, -0.15) is 0 Å².